The minimum absolute atomic E-state index is 0.288. The van der Waals surface area contributed by atoms with E-state index < -0.39 is 0 Å². The van der Waals surface area contributed by atoms with Gasteiger partial charge in [-0.15, -0.1) is 0 Å². The van der Waals surface area contributed by atoms with Crippen LogP contribution < -0.4 is 15.6 Å². The highest BCUT2D eigenvalue weighted by Gasteiger charge is 2.11. The molecular formula is C19H21FN4OS. The van der Waals surface area contributed by atoms with Gasteiger partial charge in [0, 0.05) is 24.5 Å². The number of anilines is 2. The summed E-state index contributed by atoms with van der Waals surface area (Å²) in [7, 11) is 0. The van der Waals surface area contributed by atoms with E-state index in [1.807, 2.05) is 19.1 Å². The molecule has 2 aromatic carbocycles. The van der Waals surface area contributed by atoms with Crippen molar-refractivity contribution in [1.82, 2.24) is 5.43 Å². The molecule has 3 rings (SSSR count). The number of thiocarbonyl (C=S) groups is 1. The molecule has 0 radical (unpaired) electrons. The fourth-order valence-corrected chi connectivity index (χ4v) is 2.79. The summed E-state index contributed by atoms with van der Waals surface area (Å²) in [4.78, 5) is 2.31. The van der Waals surface area contributed by atoms with Crippen molar-refractivity contribution in [2.45, 2.75) is 6.92 Å². The second-order valence-electron chi connectivity index (χ2n) is 5.92. The lowest BCUT2D eigenvalue weighted by atomic mass is 10.1. The molecule has 0 spiro atoms. The molecule has 0 aromatic heterocycles. The largest absolute Gasteiger partial charge is 0.378 e. The molecule has 1 aliphatic heterocycles. The molecule has 5 nitrogen and oxygen atoms in total. The van der Waals surface area contributed by atoms with Crippen LogP contribution in [0.5, 0.6) is 0 Å². The molecule has 1 aliphatic rings. The zero-order valence-electron chi connectivity index (χ0n) is 14.5. The number of nitrogens with zero attached hydrogens (tertiary/aromatic N) is 2. The average molecular weight is 372 g/mol. The highest BCUT2D eigenvalue weighted by molar-refractivity contribution is 7.80. The van der Waals surface area contributed by atoms with Gasteiger partial charge in [0.2, 0.25) is 0 Å². The van der Waals surface area contributed by atoms with Crippen LogP contribution in [-0.2, 0) is 4.74 Å². The number of hydrazone groups is 1. The monoisotopic (exact) mass is 372 g/mol. The van der Waals surface area contributed by atoms with E-state index in [4.69, 9.17) is 17.0 Å². The SMILES string of the molecule is C/C(=N/NC(=S)Nc1ccc(F)cc1)c1ccc(N2CCOCC2)cc1. The minimum atomic E-state index is -0.288. The van der Waals surface area contributed by atoms with E-state index in [-0.39, 0.29) is 5.82 Å². The molecule has 0 atom stereocenters. The van der Waals surface area contributed by atoms with Crippen LogP contribution in [0.2, 0.25) is 0 Å². The van der Waals surface area contributed by atoms with Crippen molar-refractivity contribution in [3.63, 3.8) is 0 Å². The lowest BCUT2D eigenvalue weighted by molar-refractivity contribution is 0.122. The molecule has 26 heavy (non-hydrogen) atoms. The van der Waals surface area contributed by atoms with Crippen molar-refractivity contribution in [2.75, 3.05) is 36.5 Å². The van der Waals surface area contributed by atoms with Gasteiger partial charge in [-0.3, -0.25) is 5.43 Å². The van der Waals surface area contributed by atoms with Crippen molar-refractivity contribution in [3.8, 4) is 0 Å². The van der Waals surface area contributed by atoms with Crippen molar-refractivity contribution < 1.29 is 9.13 Å². The first kappa shape index (κ1) is 18.3. The summed E-state index contributed by atoms with van der Waals surface area (Å²) in [6, 6.07) is 14.2. The Hall–Kier alpha value is -2.51. The predicted octanol–water partition coefficient (Wildman–Crippen LogP) is 3.37. The van der Waals surface area contributed by atoms with Crippen LogP contribution in [0.1, 0.15) is 12.5 Å². The van der Waals surface area contributed by atoms with Gasteiger partial charge in [-0.25, -0.2) is 4.39 Å². The van der Waals surface area contributed by atoms with Gasteiger partial charge in [0.1, 0.15) is 5.82 Å². The normalized spacial score (nSPS) is 14.8. The Balaban J connectivity index is 1.56. The number of halogens is 1. The van der Waals surface area contributed by atoms with Crippen LogP contribution in [0.3, 0.4) is 0 Å². The summed E-state index contributed by atoms with van der Waals surface area (Å²) >= 11 is 5.20. The molecule has 0 saturated carbocycles. The van der Waals surface area contributed by atoms with Gasteiger partial charge >= 0.3 is 0 Å². The van der Waals surface area contributed by atoms with Crippen LogP contribution in [-0.4, -0.2) is 37.1 Å². The topological polar surface area (TPSA) is 48.9 Å². The Kier molecular flexibility index (Phi) is 6.14. The predicted molar refractivity (Wildman–Crippen MR) is 107 cm³/mol. The molecule has 2 N–H and O–H groups in total. The summed E-state index contributed by atoms with van der Waals surface area (Å²) in [6.07, 6.45) is 0. The molecule has 0 aliphatic carbocycles. The third-order valence-corrected chi connectivity index (χ3v) is 4.28. The first-order valence-electron chi connectivity index (χ1n) is 8.42. The maximum atomic E-state index is 12.9. The third kappa shape index (κ3) is 5.00. The van der Waals surface area contributed by atoms with Gasteiger partial charge in [0.05, 0.1) is 18.9 Å². The molecule has 1 heterocycles. The summed E-state index contributed by atoms with van der Waals surface area (Å²) in [6.45, 7) is 5.28. The summed E-state index contributed by atoms with van der Waals surface area (Å²) < 4.78 is 18.3. The second-order valence-corrected chi connectivity index (χ2v) is 6.32. The van der Waals surface area contributed by atoms with E-state index in [1.165, 1.54) is 17.8 Å². The standard InChI is InChI=1S/C19H21FN4OS/c1-14(22-23-19(26)21-17-6-4-16(20)5-7-17)15-2-8-18(9-3-15)24-10-12-25-13-11-24/h2-9H,10-13H2,1H3,(H2,21,23,26)/b22-14-. The average Bonchev–Trinajstić information content (AvgIpc) is 2.69. The molecule has 0 amide bonds. The van der Waals surface area contributed by atoms with E-state index in [9.17, 15) is 4.39 Å². The summed E-state index contributed by atoms with van der Waals surface area (Å²) in [5, 5.41) is 7.61. The molecule has 0 bridgehead atoms. The van der Waals surface area contributed by atoms with E-state index >= 15 is 0 Å². The first-order chi connectivity index (χ1) is 12.6. The zero-order valence-corrected chi connectivity index (χ0v) is 15.4. The van der Waals surface area contributed by atoms with Crippen LogP contribution in [0.15, 0.2) is 53.6 Å². The number of hydrogen-bond donors (Lipinski definition) is 2. The Morgan fingerprint density at radius 2 is 1.73 bits per heavy atom. The molecule has 7 heteroatoms. The second kappa shape index (κ2) is 8.73. The lowest BCUT2D eigenvalue weighted by Gasteiger charge is -2.28. The Labute approximate surface area is 157 Å². The van der Waals surface area contributed by atoms with Gasteiger partial charge in [-0.1, -0.05) is 12.1 Å². The van der Waals surface area contributed by atoms with Crippen molar-refractivity contribution in [1.29, 1.82) is 0 Å². The van der Waals surface area contributed by atoms with Crippen LogP contribution in [0, 0.1) is 5.82 Å². The van der Waals surface area contributed by atoms with Crippen LogP contribution in [0.25, 0.3) is 0 Å². The Bertz CT molecular complexity index is 771. The highest BCUT2D eigenvalue weighted by atomic mass is 32.1. The molecular weight excluding hydrogens is 351 g/mol. The fourth-order valence-electron chi connectivity index (χ4n) is 2.63. The van der Waals surface area contributed by atoms with E-state index in [2.05, 4.69) is 32.9 Å². The molecule has 1 fully saturated rings. The zero-order chi connectivity index (χ0) is 18.4. The summed E-state index contributed by atoms with van der Waals surface area (Å²) in [5.74, 6) is -0.288. The van der Waals surface area contributed by atoms with Crippen molar-refractivity contribution >= 4 is 34.4 Å². The number of nitrogens with one attached hydrogen (secondary N) is 2. The number of ether oxygens (including phenoxy) is 1. The molecule has 2 aromatic rings. The molecule has 1 saturated heterocycles. The van der Waals surface area contributed by atoms with Gasteiger partial charge in [-0.05, 0) is 61.1 Å². The van der Waals surface area contributed by atoms with Crippen LogP contribution >= 0.6 is 12.2 Å². The molecule has 136 valence electrons. The van der Waals surface area contributed by atoms with E-state index in [1.54, 1.807) is 12.1 Å². The number of hydrogen-bond acceptors (Lipinski definition) is 4. The number of rotatable bonds is 4. The van der Waals surface area contributed by atoms with Crippen molar-refractivity contribution in [3.05, 3.63) is 59.9 Å². The maximum absolute atomic E-state index is 12.9. The van der Waals surface area contributed by atoms with Gasteiger partial charge < -0.3 is 15.0 Å². The maximum Gasteiger partial charge on any atom is 0.191 e. The van der Waals surface area contributed by atoms with Gasteiger partial charge in [0.25, 0.3) is 0 Å². The van der Waals surface area contributed by atoms with Crippen LogP contribution in [0.4, 0.5) is 15.8 Å². The minimum Gasteiger partial charge on any atom is -0.378 e. The van der Waals surface area contributed by atoms with Crippen molar-refractivity contribution in [2.24, 2.45) is 5.10 Å². The quantitative estimate of drug-likeness (QED) is 0.490. The smallest absolute Gasteiger partial charge is 0.191 e. The fraction of sp³-hybridized carbons (Fsp3) is 0.263. The lowest BCUT2D eigenvalue weighted by Crippen LogP contribution is -2.36. The summed E-state index contributed by atoms with van der Waals surface area (Å²) in [5.41, 5.74) is 6.53. The van der Waals surface area contributed by atoms with E-state index in [0.29, 0.717) is 10.8 Å². The van der Waals surface area contributed by atoms with E-state index in [0.717, 1.165) is 37.6 Å². The highest BCUT2D eigenvalue weighted by Crippen LogP contribution is 2.17. The third-order valence-electron chi connectivity index (χ3n) is 4.09. The van der Waals surface area contributed by atoms with Gasteiger partial charge in [0.15, 0.2) is 5.11 Å². The molecule has 0 unspecified atom stereocenters. The first-order valence-corrected chi connectivity index (χ1v) is 8.82. The number of morpholine rings is 1. The Morgan fingerprint density at radius 3 is 2.38 bits per heavy atom. The van der Waals surface area contributed by atoms with Gasteiger partial charge in [-0.2, -0.15) is 5.10 Å². The Morgan fingerprint density at radius 1 is 1.08 bits per heavy atom. The number of benzene rings is 2.